The van der Waals surface area contributed by atoms with Gasteiger partial charge in [0.05, 0.1) is 12.7 Å². The van der Waals surface area contributed by atoms with Gasteiger partial charge in [-0.15, -0.1) is 0 Å². The van der Waals surface area contributed by atoms with E-state index in [1.165, 1.54) is 12.8 Å². The standard InChI is InChI=1S/C15H29N3O/c1-13(2)17-15(3,12-16)7-8-18(4)10-14-6-5-9-19-11-14/h13-14,17H,5-11H2,1-4H3. The van der Waals surface area contributed by atoms with E-state index < -0.39 is 5.54 Å². The monoisotopic (exact) mass is 267 g/mol. The van der Waals surface area contributed by atoms with Crippen molar-refractivity contribution < 1.29 is 4.74 Å². The molecule has 0 bridgehead atoms. The van der Waals surface area contributed by atoms with Crippen LogP contribution in [0.5, 0.6) is 0 Å². The fraction of sp³-hybridized carbons (Fsp3) is 0.933. The second-order valence-corrected chi connectivity index (χ2v) is 6.34. The quantitative estimate of drug-likeness (QED) is 0.766. The maximum absolute atomic E-state index is 9.32. The summed E-state index contributed by atoms with van der Waals surface area (Å²) in [4.78, 5) is 2.33. The molecule has 1 rings (SSSR count). The van der Waals surface area contributed by atoms with Crippen LogP contribution >= 0.6 is 0 Å². The van der Waals surface area contributed by atoms with E-state index in [1.54, 1.807) is 0 Å². The molecule has 1 fully saturated rings. The van der Waals surface area contributed by atoms with Gasteiger partial charge >= 0.3 is 0 Å². The van der Waals surface area contributed by atoms with Crippen LogP contribution in [0.4, 0.5) is 0 Å². The summed E-state index contributed by atoms with van der Waals surface area (Å²) in [6.45, 7) is 9.99. The van der Waals surface area contributed by atoms with Crippen molar-refractivity contribution in [3.63, 3.8) is 0 Å². The van der Waals surface area contributed by atoms with Crippen LogP contribution < -0.4 is 5.32 Å². The first-order valence-electron chi connectivity index (χ1n) is 7.40. The molecule has 0 aromatic rings. The summed E-state index contributed by atoms with van der Waals surface area (Å²) in [5.74, 6) is 0.658. The fourth-order valence-electron chi connectivity index (χ4n) is 2.70. The molecule has 2 atom stereocenters. The lowest BCUT2D eigenvalue weighted by Crippen LogP contribution is -2.47. The minimum absolute atomic E-state index is 0.335. The highest BCUT2D eigenvalue weighted by atomic mass is 16.5. The molecule has 19 heavy (non-hydrogen) atoms. The fourth-order valence-corrected chi connectivity index (χ4v) is 2.70. The molecule has 0 aliphatic carbocycles. The third-order valence-corrected chi connectivity index (χ3v) is 3.67. The van der Waals surface area contributed by atoms with E-state index in [2.05, 4.69) is 37.2 Å². The number of hydrogen-bond acceptors (Lipinski definition) is 4. The molecule has 1 N–H and O–H groups in total. The molecule has 0 radical (unpaired) electrons. The summed E-state index contributed by atoms with van der Waals surface area (Å²) in [5.41, 5.74) is -0.425. The maximum atomic E-state index is 9.32. The molecule has 1 heterocycles. The van der Waals surface area contributed by atoms with Crippen LogP contribution in [0.1, 0.15) is 40.0 Å². The molecule has 1 aliphatic heterocycles. The molecule has 4 nitrogen and oxygen atoms in total. The lowest BCUT2D eigenvalue weighted by molar-refractivity contribution is 0.0413. The molecule has 0 spiro atoms. The zero-order valence-electron chi connectivity index (χ0n) is 12.9. The van der Waals surface area contributed by atoms with Crippen LogP contribution in [0.25, 0.3) is 0 Å². The predicted molar refractivity (Wildman–Crippen MR) is 77.9 cm³/mol. The smallest absolute Gasteiger partial charge is 0.105 e. The van der Waals surface area contributed by atoms with Crippen molar-refractivity contribution >= 4 is 0 Å². The third-order valence-electron chi connectivity index (χ3n) is 3.67. The minimum Gasteiger partial charge on any atom is -0.381 e. The lowest BCUT2D eigenvalue weighted by atomic mass is 9.97. The molecule has 0 amide bonds. The Bertz CT molecular complexity index is 294. The average molecular weight is 267 g/mol. The highest BCUT2D eigenvalue weighted by Gasteiger charge is 2.25. The van der Waals surface area contributed by atoms with Gasteiger partial charge in [0.2, 0.25) is 0 Å². The van der Waals surface area contributed by atoms with E-state index in [4.69, 9.17) is 4.74 Å². The highest BCUT2D eigenvalue weighted by Crippen LogP contribution is 2.16. The Hall–Kier alpha value is -0.630. The van der Waals surface area contributed by atoms with Crippen LogP contribution in [0.15, 0.2) is 0 Å². The minimum atomic E-state index is -0.425. The number of nitrogens with zero attached hydrogens (tertiary/aromatic N) is 2. The summed E-state index contributed by atoms with van der Waals surface area (Å²) in [6, 6.07) is 2.74. The SMILES string of the molecule is CC(C)NC(C)(C#N)CCN(C)CC1CCCOC1. The Labute approximate surface area is 118 Å². The number of nitriles is 1. The maximum Gasteiger partial charge on any atom is 0.105 e. The summed E-state index contributed by atoms with van der Waals surface area (Å²) in [7, 11) is 2.14. The molecular formula is C15H29N3O. The Morgan fingerprint density at radius 3 is 2.79 bits per heavy atom. The van der Waals surface area contributed by atoms with Gasteiger partial charge in [-0.25, -0.2) is 0 Å². The van der Waals surface area contributed by atoms with Crippen LogP contribution in [0.3, 0.4) is 0 Å². The van der Waals surface area contributed by atoms with Gasteiger partial charge in [-0.05, 0) is 53.0 Å². The van der Waals surface area contributed by atoms with E-state index in [0.29, 0.717) is 12.0 Å². The Morgan fingerprint density at radius 2 is 2.26 bits per heavy atom. The van der Waals surface area contributed by atoms with Crippen molar-refractivity contribution in [3.05, 3.63) is 0 Å². The van der Waals surface area contributed by atoms with Crippen LogP contribution in [0.2, 0.25) is 0 Å². The Balaban J connectivity index is 2.31. The van der Waals surface area contributed by atoms with Gasteiger partial charge in [0, 0.05) is 25.7 Å². The molecule has 0 saturated carbocycles. The molecule has 1 saturated heterocycles. The first kappa shape index (κ1) is 16.4. The first-order chi connectivity index (χ1) is 8.95. The van der Waals surface area contributed by atoms with Gasteiger partial charge in [-0.1, -0.05) is 0 Å². The van der Waals surface area contributed by atoms with Gasteiger partial charge in [-0.3, -0.25) is 5.32 Å². The molecular weight excluding hydrogens is 238 g/mol. The van der Waals surface area contributed by atoms with E-state index in [9.17, 15) is 5.26 Å². The largest absolute Gasteiger partial charge is 0.381 e. The van der Waals surface area contributed by atoms with Crippen molar-refractivity contribution in [1.82, 2.24) is 10.2 Å². The summed E-state index contributed by atoms with van der Waals surface area (Å²) in [5, 5.41) is 12.7. The lowest BCUT2D eigenvalue weighted by Gasteiger charge is -2.30. The van der Waals surface area contributed by atoms with E-state index in [-0.39, 0.29) is 0 Å². The second kappa shape index (κ2) is 7.84. The molecule has 110 valence electrons. The van der Waals surface area contributed by atoms with Crippen molar-refractivity contribution in [2.75, 3.05) is 33.4 Å². The van der Waals surface area contributed by atoms with Crippen molar-refractivity contribution in [2.45, 2.75) is 51.6 Å². The van der Waals surface area contributed by atoms with Gasteiger partial charge in [0.15, 0.2) is 0 Å². The van der Waals surface area contributed by atoms with Crippen LogP contribution in [0, 0.1) is 17.2 Å². The molecule has 2 unspecified atom stereocenters. The molecule has 1 aliphatic rings. The number of nitrogens with one attached hydrogen (secondary N) is 1. The van der Waals surface area contributed by atoms with E-state index in [1.807, 2.05) is 6.92 Å². The first-order valence-corrected chi connectivity index (χ1v) is 7.40. The van der Waals surface area contributed by atoms with E-state index >= 15 is 0 Å². The van der Waals surface area contributed by atoms with Gasteiger partial charge in [0.25, 0.3) is 0 Å². The van der Waals surface area contributed by atoms with Crippen molar-refractivity contribution in [1.29, 1.82) is 5.26 Å². The summed E-state index contributed by atoms with van der Waals surface area (Å²) >= 11 is 0. The number of ether oxygens (including phenoxy) is 1. The topological polar surface area (TPSA) is 48.3 Å². The number of rotatable bonds is 7. The van der Waals surface area contributed by atoms with Crippen molar-refractivity contribution in [2.24, 2.45) is 5.92 Å². The second-order valence-electron chi connectivity index (χ2n) is 6.34. The molecule has 0 aromatic heterocycles. The van der Waals surface area contributed by atoms with Gasteiger partial charge in [-0.2, -0.15) is 5.26 Å². The normalized spacial score (nSPS) is 23.3. The van der Waals surface area contributed by atoms with Crippen LogP contribution in [-0.2, 0) is 4.74 Å². The zero-order chi connectivity index (χ0) is 14.3. The number of hydrogen-bond donors (Lipinski definition) is 1. The van der Waals surface area contributed by atoms with Crippen LogP contribution in [-0.4, -0.2) is 49.8 Å². The van der Waals surface area contributed by atoms with Gasteiger partial charge in [0.1, 0.15) is 5.54 Å². The van der Waals surface area contributed by atoms with E-state index in [0.717, 1.165) is 32.7 Å². The molecule has 0 aromatic carbocycles. The van der Waals surface area contributed by atoms with Crippen molar-refractivity contribution in [3.8, 4) is 6.07 Å². The van der Waals surface area contributed by atoms with Gasteiger partial charge < -0.3 is 9.64 Å². The summed E-state index contributed by atoms with van der Waals surface area (Å²) in [6.07, 6.45) is 3.30. The third kappa shape index (κ3) is 6.38. The predicted octanol–water partition coefficient (Wildman–Crippen LogP) is 2.02. The summed E-state index contributed by atoms with van der Waals surface area (Å²) < 4.78 is 5.51. The Morgan fingerprint density at radius 1 is 1.53 bits per heavy atom. The molecule has 4 heteroatoms. The highest BCUT2D eigenvalue weighted by molar-refractivity contribution is 5.04. The zero-order valence-corrected chi connectivity index (χ0v) is 12.9. The Kier molecular flexibility index (Phi) is 6.78. The average Bonchev–Trinajstić information content (AvgIpc) is 2.37.